The van der Waals surface area contributed by atoms with Gasteiger partial charge in [0.15, 0.2) is 0 Å². The SMILES string of the molecule is N#Cc1cnc2ccccc2c1NCc1ccc(Oc2ccc(F)cc2)nc1. The van der Waals surface area contributed by atoms with Gasteiger partial charge in [0.05, 0.1) is 16.8 Å². The van der Waals surface area contributed by atoms with Crippen molar-refractivity contribution in [2.75, 3.05) is 5.32 Å². The highest BCUT2D eigenvalue weighted by molar-refractivity contribution is 5.93. The highest BCUT2D eigenvalue weighted by Gasteiger charge is 2.08. The summed E-state index contributed by atoms with van der Waals surface area (Å²) in [4.78, 5) is 8.59. The van der Waals surface area contributed by atoms with E-state index in [2.05, 4.69) is 21.4 Å². The molecule has 5 nitrogen and oxygen atoms in total. The number of pyridine rings is 2. The third-order valence-corrected chi connectivity index (χ3v) is 4.20. The third kappa shape index (κ3) is 3.74. The maximum absolute atomic E-state index is 13.0. The third-order valence-electron chi connectivity index (χ3n) is 4.20. The number of fused-ring (bicyclic) bond motifs is 1. The van der Waals surface area contributed by atoms with Crippen molar-refractivity contribution in [1.82, 2.24) is 9.97 Å². The van der Waals surface area contributed by atoms with Gasteiger partial charge in [-0.2, -0.15) is 5.26 Å². The van der Waals surface area contributed by atoms with Crippen LogP contribution in [0.25, 0.3) is 10.9 Å². The van der Waals surface area contributed by atoms with Crippen molar-refractivity contribution in [3.05, 3.63) is 90.0 Å². The van der Waals surface area contributed by atoms with Gasteiger partial charge in [0.25, 0.3) is 0 Å². The average Bonchev–Trinajstić information content (AvgIpc) is 2.74. The zero-order valence-electron chi connectivity index (χ0n) is 14.8. The Balaban J connectivity index is 1.49. The normalized spacial score (nSPS) is 10.4. The minimum Gasteiger partial charge on any atom is -0.439 e. The monoisotopic (exact) mass is 370 g/mol. The fourth-order valence-electron chi connectivity index (χ4n) is 2.81. The number of benzene rings is 2. The van der Waals surface area contributed by atoms with Crippen LogP contribution in [0.2, 0.25) is 0 Å². The summed E-state index contributed by atoms with van der Waals surface area (Å²) in [5, 5.41) is 13.6. The van der Waals surface area contributed by atoms with Gasteiger partial charge in [-0.15, -0.1) is 0 Å². The molecule has 0 aliphatic heterocycles. The van der Waals surface area contributed by atoms with E-state index in [1.165, 1.54) is 12.1 Å². The van der Waals surface area contributed by atoms with Crippen molar-refractivity contribution in [3.63, 3.8) is 0 Å². The number of nitrogens with zero attached hydrogens (tertiary/aromatic N) is 3. The fourth-order valence-corrected chi connectivity index (χ4v) is 2.81. The number of para-hydroxylation sites is 1. The van der Waals surface area contributed by atoms with E-state index in [1.54, 1.807) is 30.6 Å². The zero-order chi connectivity index (χ0) is 19.3. The Morgan fingerprint density at radius 3 is 2.54 bits per heavy atom. The van der Waals surface area contributed by atoms with Gasteiger partial charge in [0, 0.05) is 30.4 Å². The summed E-state index contributed by atoms with van der Waals surface area (Å²) >= 11 is 0. The molecule has 2 heterocycles. The molecule has 0 saturated carbocycles. The minimum atomic E-state index is -0.317. The molecule has 2 aromatic carbocycles. The molecule has 0 unspecified atom stereocenters. The number of aromatic nitrogens is 2. The summed E-state index contributed by atoms with van der Waals surface area (Å²) in [6, 6.07) is 19.2. The molecule has 0 bridgehead atoms. The number of anilines is 1. The minimum absolute atomic E-state index is 0.317. The number of ether oxygens (including phenoxy) is 1. The van der Waals surface area contributed by atoms with Gasteiger partial charge in [-0.1, -0.05) is 24.3 Å². The maximum atomic E-state index is 13.0. The van der Waals surface area contributed by atoms with Crippen LogP contribution in [0, 0.1) is 17.1 Å². The Bertz CT molecular complexity index is 1150. The Labute approximate surface area is 161 Å². The van der Waals surface area contributed by atoms with Crippen LogP contribution in [0.5, 0.6) is 11.6 Å². The van der Waals surface area contributed by atoms with E-state index < -0.39 is 0 Å². The first-order valence-electron chi connectivity index (χ1n) is 8.63. The molecule has 28 heavy (non-hydrogen) atoms. The molecule has 1 N–H and O–H groups in total. The molecule has 6 heteroatoms. The highest BCUT2D eigenvalue weighted by Crippen LogP contribution is 2.26. The van der Waals surface area contributed by atoms with Crippen LogP contribution in [-0.4, -0.2) is 9.97 Å². The van der Waals surface area contributed by atoms with E-state index in [-0.39, 0.29) is 5.82 Å². The zero-order valence-corrected chi connectivity index (χ0v) is 14.8. The van der Waals surface area contributed by atoms with Crippen LogP contribution in [0.15, 0.2) is 73.1 Å². The van der Waals surface area contributed by atoms with Crippen molar-refractivity contribution in [1.29, 1.82) is 5.26 Å². The molecule has 0 atom stereocenters. The Hall–Kier alpha value is -3.98. The van der Waals surface area contributed by atoms with E-state index in [1.807, 2.05) is 30.3 Å². The second kappa shape index (κ2) is 7.72. The lowest BCUT2D eigenvalue weighted by Crippen LogP contribution is -2.03. The first-order chi connectivity index (χ1) is 13.7. The second-order valence-electron chi connectivity index (χ2n) is 6.09. The second-order valence-corrected chi connectivity index (χ2v) is 6.09. The Morgan fingerprint density at radius 2 is 1.79 bits per heavy atom. The van der Waals surface area contributed by atoms with Gasteiger partial charge in [-0.3, -0.25) is 4.98 Å². The highest BCUT2D eigenvalue weighted by atomic mass is 19.1. The van der Waals surface area contributed by atoms with E-state index in [0.29, 0.717) is 23.7 Å². The Morgan fingerprint density at radius 1 is 0.964 bits per heavy atom. The molecule has 0 aliphatic rings. The van der Waals surface area contributed by atoms with Gasteiger partial charge < -0.3 is 10.1 Å². The lowest BCUT2D eigenvalue weighted by atomic mass is 10.1. The van der Waals surface area contributed by atoms with Gasteiger partial charge in [-0.05, 0) is 35.9 Å². The average molecular weight is 370 g/mol. The molecule has 0 fully saturated rings. The largest absolute Gasteiger partial charge is 0.439 e. The first kappa shape index (κ1) is 17.4. The van der Waals surface area contributed by atoms with E-state index in [9.17, 15) is 9.65 Å². The van der Waals surface area contributed by atoms with Crippen LogP contribution in [-0.2, 0) is 6.54 Å². The molecular weight excluding hydrogens is 355 g/mol. The van der Waals surface area contributed by atoms with E-state index in [0.717, 1.165) is 22.2 Å². The van der Waals surface area contributed by atoms with Crippen LogP contribution in [0.4, 0.5) is 10.1 Å². The van der Waals surface area contributed by atoms with Crippen molar-refractivity contribution in [3.8, 4) is 17.7 Å². The standard InChI is InChI=1S/C22H15FN4O/c23-17-6-8-18(9-7-17)28-21-10-5-15(12-26-21)13-27-22-16(11-24)14-25-20-4-2-1-3-19(20)22/h1-10,12,14H,13H2,(H,25,27). The molecule has 4 rings (SSSR count). The summed E-state index contributed by atoms with van der Waals surface area (Å²) < 4.78 is 18.5. The number of hydrogen-bond acceptors (Lipinski definition) is 5. The molecule has 0 spiro atoms. The lowest BCUT2D eigenvalue weighted by Gasteiger charge is -2.11. The number of halogens is 1. The predicted molar refractivity (Wildman–Crippen MR) is 104 cm³/mol. The summed E-state index contributed by atoms with van der Waals surface area (Å²) in [6.07, 6.45) is 3.27. The van der Waals surface area contributed by atoms with E-state index in [4.69, 9.17) is 4.74 Å². The van der Waals surface area contributed by atoms with Crippen molar-refractivity contribution >= 4 is 16.6 Å². The number of hydrogen-bond donors (Lipinski definition) is 1. The number of rotatable bonds is 5. The van der Waals surface area contributed by atoms with Crippen LogP contribution in [0.1, 0.15) is 11.1 Å². The molecule has 4 aromatic rings. The van der Waals surface area contributed by atoms with Crippen molar-refractivity contribution < 1.29 is 9.13 Å². The van der Waals surface area contributed by atoms with E-state index >= 15 is 0 Å². The molecule has 0 radical (unpaired) electrons. The van der Waals surface area contributed by atoms with Gasteiger partial charge in [-0.25, -0.2) is 9.37 Å². The molecule has 0 aliphatic carbocycles. The van der Waals surface area contributed by atoms with Gasteiger partial charge in [0.2, 0.25) is 5.88 Å². The summed E-state index contributed by atoms with van der Waals surface area (Å²) in [5.74, 6) is 0.617. The lowest BCUT2D eigenvalue weighted by molar-refractivity contribution is 0.461. The molecule has 136 valence electrons. The van der Waals surface area contributed by atoms with Crippen LogP contribution in [0.3, 0.4) is 0 Å². The predicted octanol–water partition coefficient (Wildman–Crippen LogP) is 5.04. The van der Waals surface area contributed by atoms with Crippen molar-refractivity contribution in [2.45, 2.75) is 6.54 Å². The molecule has 0 amide bonds. The summed E-state index contributed by atoms with van der Waals surface area (Å²) in [6.45, 7) is 0.493. The van der Waals surface area contributed by atoms with Gasteiger partial charge in [0.1, 0.15) is 17.6 Å². The Kier molecular flexibility index (Phi) is 4.81. The molecular formula is C22H15FN4O. The molecule has 0 saturated heterocycles. The smallest absolute Gasteiger partial charge is 0.219 e. The van der Waals surface area contributed by atoms with Crippen LogP contribution >= 0.6 is 0 Å². The summed E-state index contributed by atoms with van der Waals surface area (Å²) in [7, 11) is 0. The molecule has 2 aromatic heterocycles. The van der Waals surface area contributed by atoms with Crippen molar-refractivity contribution in [2.24, 2.45) is 0 Å². The quantitative estimate of drug-likeness (QED) is 0.533. The van der Waals surface area contributed by atoms with Gasteiger partial charge >= 0.3 is 0 Å². The van der Waals surface area contributed by atoms with Crippen LogP contribution < -0.4 is 10.1 Å². The number of nitriles is 1. The summed E-state index contributed by atoms with van der Waals surface area (Å²) in [5.41, 5.74) is 2.99. The fraction of sp³-hybridized carbons (Fsp3) is 0.0455. The maximum Gasteiger partial charge on any atom is 0.219 e. The topological polar surface area (TPSA) is 70.8 Å². The number of nitrogens with one attached hydrogen (secondary N) is 1. The first-order valence-corrected chi connectivity index (χ1v) is 8.63.